The van der Waals surface area contributed by atoms with E-state index in [0.717, 1.165) is 6.20 Å². The number of carbonyl (C=O) groups is 1. The zero-order valence-corrected chi connectivity index (χ0v) is 14.7. The van der Waals surface area contributed by atoms with Gasteiger partial charge in [-0.1, -0.05) is 11.6 Å². The summed E-state index contributed by atoms with van der Waals surface area (Å²) in [5, 5.41) is 8.78. The Morgan fingerprint density at radius 1 is 1.38 bits per heavy atom. The summed E-state index contributed by atoms with van der Waals surface area (Å²) in [6.45, 7) is 0.0520. The van der Waals surface area contributed by atoms with E-state index in [4.69, 9.17) is 25.9 Å². The summed E-state index contributed by atoms with van der Waals surface area (Å²) < 4.78 is 24.4. The molecule has 0 saturated heterocycles. The van der Waals surface area contributed by atoms with E-state index in [1.165, 1.54) is 24.3 Å². The number of likely N-dealkylation sites (N-methyl/N-ethyl adjacent to an activating group) is 1. The molecule has 0 fully saturated rings. The summed E-state index contributed by atoms with van der Waals surface area (Å²) in [7, 11) is 3.00. The molecular weight excluding hydrogens is 365 g/mol. The molecule has 0 atom stereocenters. The standard InChI is InChI=1S/C17H15ClFN3O4/c1-22(3-4-23)17(24)9-5-12(25-2)15(21-7-9)13-6-11-16(26-13)14(18)10(19)8-20-11/h5-8,23H,3-4H2,1-2H3. The van der Waals surface area contributed by atoms with Crippen molar-refractivity contribution in [1.29, 1.82) is 0 Å². The molecule has 0 spiro atoms. The van der Waals surface area contributed by atoms with Gasteiger partial charge in [0.25, 0.3) is 5.91 Å². The summed E-state index contributed by atoms with van der Waals surface area (Å²) in [5.41, 5.74) is 1.09. The third-order valence-corrected chi connectivity index (χ3v) is 4.13. The molecule has 3 aromatic rings. The molecule has 1 N–H and O–H groups in total. The van der Waals surface area contributed by atoms with E-state index in [0.29, 0.717) is 22.5 Å². The van der Waals surface area contributed by atoms with E-state index >= 15 is 0 Å². The Morgan fingerprint density at radius 2 is 2.15 bits per heavy atom. The van der Waals surface area contributed by atoms with Gasteiger partial charge in [-0.2, -0.15) is 0 Å². The lowest BCUT2D eigenvalue weighted by molar-refractivity contribution is 0.0766. The van der Waals surface area contributed by atoms with Crippen LogP contribution in [0.25, 0.3) is 22.6 Å². The first-order chi connectivity index (χ1) is 12.5. The van der Waals surface area contributed by atoms with Crippen molar-refractivity contribution in [2.24, 2.45) is 0 Å². The van der Waals surface area contributed by atoms with Crippen molar-refractivity contribution < 1.29 is 23.4 Å². The van der Waals surface area contributed by atoms with Crippen LogP contribution in [0.15, 0.2) is 28.9 Å². The Morgan fingerprint density at radius 3 is 2.85 bits per heavy atom. The van der Waals surface area contributed by atoms with Gasteiger partial charge < -0.3 is 19.2 Å². The second-order valence-electron chi connectivity index (χ2n) is 5.47. The average molecular weight is 380 g/mol. The number of aliphatic hydroxyl groups is 1. The first kappa shape index (κ1) is 18.1. The number of halogens is 2. The summed E-state index contributed by atoms with van der Waals surface area (Å²) in [6.07, 6.45) is 2.38. The Labute approximate surface area is 153 Å². The first-order valence-corrected chi connectivity index (χ1v) is 7.98. The third-order valence-electron chi connectivity index (χ3n) is 3.77. The first-order valence-electron chi connectivity index (χ1n) is 7.60. The highest BCUT2D eigenvalue weighted by Gasteiger charge is 2.20. The van der Waals surface area contributed by atoms with Crippen LogP contribution in [0, 0.1) is 5.82 Å². The van der Waals surface area contributed by atoms with Crippen LogP contribution in [0.3, 0.4) is 0 Å². The Hall–Kier alpha value is -2.71. The fourth-order valence-corrected chi connectivity index (χ4v) is 2.60. The molecule has 0 radical (unpaired) electrons. The fraction of sp³-hybridized carbons (Fsp3) is 0.235. The largest absolute Gasteiger partial charge is 0.494 e. The molecule has 26 heavy (non-hydrogen) atoms. The van der Waals surface area contributed by atoms with Crippen LogP contribution in [0.4, 0.5) is 4.39 Å². The molecule has 0 bridgehead atoms. The zero-order chi connectivity index (χ0) is 18.8. The van der Waals surface area contributed by atoms with E-state index in [1.807, 2.05) is 0 Å². The summed E-state index contributed by atoms with van der Waals surface area (Å²) in [4.78, 5) is 21.8. The van der Waals surface area contributed by atoms with E-state index < -0.39 is 5.82 Å². The lowest BCUT2D eigenvalue weighted by atomic mass is 10.2. The van der Waals surface area contributed by atoms with Crippen LogP contribution in [-0.4, -0.2) is 53.2 Å². The lowest BCUT2D eigenvalue weighted by Crippen LogP contribution is -2.29. The maximum absolute atomic E-state index is 13.5. The van der Waals surface area contributed by atoms with Crippen LogP contribution < -0.4 is 4.74 Å². The Balaban J connectivity index is 2.03. The number of fused-ring (bicyclic) bond motifs is 1. The van der Waals surface area contributed by atoms with Crippen molar-refractivity contribution in [3.63, 3.8) is 0 Å². The van der Waals surface area contributed by atoms with Gasteiger partial charge in [0.2, 0.25) is 0 Å². The predicted molar refractivity (Wildman–Crippen MR) is 92.8 cm³/mol. The van der Waals surface area contributed by atoms with E-state index in [1.54, 1.807) is 13.1 Å². The van der Waals surface area contributed by atoms with Crippen LogP contribution in [0.1, 0.15) is 10.4 Å². The van der Waals surface area contributed by atoms with Crippen LogP contribution >= 0.6 is 11.6 Å². The number of carbonyl (C=O) groups excluding carboxylic acids is 1. The van der Waals surface area contributed by atoms with Crippen molar-refractivity contribution in [2.45, 2.75) is 0 Å². The molecule has 7 nitrogen and oxygen atoms in total. The SMILES string of the molecule is COc1cc(C(=O)N(C)CCO)cnc1-c1cc2ncc(F)c(Cl)c2o1. The number of hydrogen-bond acceptors (Lipinski definition) is 6. The molecule has 3 aromatic heterocycles. The van der Waals surface area contributed by atoms with Crippen molar-refractivity contribution in [3.8, 4) is 17.2 Å². The number of nitrogens with zero attached hydrogens (tertiary/aromatic N) is 3. The minimum atomic E-state index is -0.687. The molecule has 3 rings (SSSR count). The number of hydrogen-bond donors (Lipinski definition) is 1. The van der Waals surface area contributed by atoms with Gasteiger partial charge in [-0.05, 0) is 6.07 Å². The molecule has 136 valence electrons. The number of aliphatic hydroxyl groups excluding tert-OH is 1. The van der Waals surface area contributed by atoms with Gasteiger partial charge >= 0.3 is 0 Å². The average Bonchev–Trinajstić information content (AvgIpc) is 3.08. The van der Waals surface area contributed by atoms with Gasteiger partial charge in [0.05, 0.1) is 25.5 Å². The number of aromatic nitrogens is 2. The van der Waals surface area contributed by atoms with Crippen LogP contribution in [0.2, 0.25) is 5.02 Å². The number of rotatable bonds is 5. The molecule has 0 aliphatic carbocycles. The number of methoxy groups -OCH3 is 1. The van der Waals surface area contributed by atoms with Gasteiger partial charge in [-0.15, -0.1) is 0 Å². The normalized spacial score (nSPS) is 11.0. The van der Waals surface area contributed by atoms with Crippen molar-refractivity contribution in [2.75, 3.05) is 27.3 Å². The van der Waals surface area contributed by atoms with E-state index in [2.05, 4.69) is 9.97 Å². The third kappa shape index (κ3) is 3.21. The van der Waals surface area contributed by atoms with Gasteiger partial charge in [-0.25, -0.2) is 14.4 Å². The maximum atomic E-state index is 13.5. The van der Waals surface area contributed by atoms with Crippen molar-refractivity contribution >= 4 is 28.6 Å². The summed E-state index contributed by atoms with van der Waals surface area (Å²) in [6, 6.07) is 3.08. The summed E-state index contributed by atoms with van der Waals surface area (Å²) >= 11 is 5.90. The minimum Gasteiger partial charge on any atom is -0.494 e. The molecule has 0 aliphatic heterocycles. The Bertz CT molecular complexity index is 976. The van der Waals surface area contributed by atoms with Gasteiger partial charge in [0, 0.05) is 25.9 Å². The summed E-state index contributed by atoms with van der Waals surface area (Å²) in [5.74, 6) is -0.427. The molecule has 0 saturated carbocycles. The second kappa shape index (κ2) is 7.27. The van der Waals surface area contributed by atoms with Crippen molar-refractivity contribution in [3.05, 3.63) is 40.9 Å². The highest BCUT2D eigenvalue weighted by Crippen LogP contribution is 2.35. The topological polar surface area (TPSA) is 88.7 Å². The maximum Gasteiger partial charge on any atom is 0.255 e. The number of ether oxygens (including phenoxy) is 1. The molecule has 9 heteroatoms. The molecular formula is C17H15ClFN3O4. The Kier molecular flexibility index (Phi) is 5.06. The van der Waals surface area contributed by atoms with Gasteiger partial charge in [0.15, 0.2) is 17.2 Å². The molecule has 3 heterocycles. The molecule has 0 aromatic carbocycles. The van der Waals surface area contributed by atoms with E-state index in [-0.39, 0.29) is 35.4 Å². The predicted octanol–water partition coefficient (Wildman–Crippen LogP) is 2.76. The fourth-order valence-electron chi connectivity index (χ4n) is 2.42. The molecule has 0 unspecified atom stereocenters. The molecule has 0 aliphatic rings. The molecule has 1 amide bonds. The van der Waals surface area contributed by atoms with Crippen LogP contribution in [0.5, 0.6) is 5.75 Å². The van der Waals surface area contributed by atoms with E-state index in [9.17, 15) is 9.18 Å². The second-order valence-corrected chi connectivity index (χ2v) is 5.85. The number of furan rings is 1. The monoisotopic (exact) mass is 379 g/mol. The number of amides is 1. The van der Waals surface area contributed by atoms with Crippen molar-refractivity contribution in [1.82, 2.24) is 14.9 Å². The number of pyridine rings is 2. The van der Waals surface area contributed by atoms with Gasteiger partial charge in [-0.3, -0.25) is 4.79 Å². The highest BCUT2D eigenvalue weighted by molar-refractivity contribution is 6.34. The zero-order valence-electron chi connectivity index (χ0n) is 14.0. The minimum absolute atomic E-state index is 0.105. The highest BCUT2D eigenvalue weighted by atomic mass is 35.5. The lowest BCUT2D eigenvalue weighted by Gasteiger charge is -2.16. The quantitative estimate of drug-likeness (QED) is 0.733. The van der Waals surface area contributed by atoms with Crippen LogP contribution in [-0.2, 0) is 0 Å². The smallest absolute Gasteiger partial charge is 0.255 e. The van der Waals surface area contributed by atoms with Gasteiger partial charge in [0.1, 0.15) is 22.0 Å².